The standard InChI is InChI=1S/C26H33N5O2S/c1-18-13-19(2)15-30(14-18)25(33)16-31-23-8-6-5-7-22(23)28-26(31)34-17-24(32)27-20-9-11-21(12-10-20)29(3)4/h5-12,18-19H,13-17H2,1-4H3,(H,27,32). The van der Waals surface area contributed by atoms with Crippen LogP contribution >= 0.6 is 11.8 Å². The van der Waals surface area contributed by atoms with Gasteiger partial charge in [0, 0.05) is 38.6 Å². The van der Waals surface area contributed by atoms with Crippen molar-refractivity contribution in [3.05, 3.63) is 48.5 Å². The van der Waals surface area contributed by atoms with Crippen molar-refractivity contribution in [2.24, 2.45) is 11.8 Å². The van der Waals surface area contributed by atoms with E-state index in [1.165, 1.54) is 11.8 Å². The fraction of sp³-hybridized carbons (Fsp3) is 0.423. The van der Waals surface area contributed by atoms with Gasteiger partial charge in [0.25, 0.3) is 0 Å². The average molecular weight is 480 g/mol. The number of likely N-dealkylation sites (tertiary alicyclic amines) is 1. The summed E-state index contributed by atoms with van der Waals surface area (Å²) in [6.07, 6.45) is 1.16. The molecule has 0 radical (unpaired) electrons. The average Bonchev–Trinajstić information content (AvgIpc) is 3.14. The Labute approximate surface area is 205 Å². The first-order valence-corrected chi connectivity index (χ1v) is 12.7. The van der Waals surface area contributed by atoms with Gasteiger partial charge in [-0.1, -0.05) is 37.7 Å². The highest BCUT2D eigenvalue weighted by Gasteiger charge is 2.26. The maximum Gasteiger partial charge on any atom is 0.242 e. The number of amides is 2. The number of nitrogens with zero attached hydrogens (tertiary/aromatic N) is 4. The largest absolute Gasteiger partial charge is 0.378 e. The number of nitrogens with one attached hydrogen (secondary N) is 1. The molecule has 1 N–H and O–H groups in total. The maximum atomic E-state index is 13.2. The van der Waals surface area contributed by atoms with Gasteiger partial charge in [-0.2, -0.15) is 0 Å². The van der Waals surface area contributed by atoms with Crippen LogP contribution in [0.2, 0.25) is 0 Å². The van der Waals surface area contributed by atoms with Gasteiger partial charge in [0.2, 0.25) is 11.8 Å². The Hall–Kier alpha value is -3.00. The van der Waals surface area contributed by atoms with Gasteiger partial charge in [0.05, 0.1) is 16.8 Å². The predicted molar refractivity (Wildman–Crippen MR) is 139 cm³/mol. The van der Waals surface area contributed by atoms with E-state index in [2.05, 4.69) is 19.2 Å². The number of fused-ring (bicyclic) bond motifs is 1. The number of imidazole rings is 1. The first-order chi connectivity index (χ1) is 16.3. The van der Waals surface area contributed by atoms with Crippen LogP contribution in [0.5, 0.6) is 0 Å². The summed E-state index contributed by atoms with van der Waals surface area (Å²) in [6, 6.07) is 15.5. The molecule has 3 aromatic rings. The fourth-order valence-corrected chi connectivity index (χ4v) is 5.40. The topological polar surface area (TPSA) is 70.5 Å². The van der Waals surface area contributed by atoms with Crippen LogP contribution in [0.1, 0.15) is 20.3 Å². The highest BCUT2D eigenvalue weighted by molar-refractivity contribution is 7.99. The molecule has 0 bridgehead atoms. The lowest BCUT2D eigenvalue weighted by molar-refractivity contribution is -0.134. The first kappa shape index (κ1) is 24.1. The number of thioether (sulfide) groups is 1. The molecule has 7 nitrogen and oxygen atoms in total. The highest BCUT2D eigenvalue weighted by atomic mass is 32.2. The number of hydrogen-bond acceptors (Lipinski definition) is 5. The van der Waals surface area contributed by atoms with Gasteiger partial charge in [0.1, 0.15) is 6.54 Å². The summed E-state index contributed by atoms with van der Waals surface area (Å²) in [5, 5.41) is 3.63. The predicted octanol–water partition coefficient (Wildman–Crippen LogP) is 4.34. The van der Waals surface area contributed by atoms with E-state index in [1.807, 2.05) is 77.0 Å². The van der Waals surface area contributed by atoms with Crippen LogP contribution in [-0.4, -0.2) is 59.2 Å². The molecule has 180 valence electrons. The summed E-state index contributed by atoms with van der Waals surface area (Å²) >= 11 is 1.36. The van der Waals surface area contributed by atoms with E-state index in [-0.39, 0.29) is 24.1 Å². The molecule has 0 spiro atoms. The van der Waals surface area contributed by atoms with Crippen molar-refractivity contribution in [1.82, 2.24) is 14.5 Å². The molecule has 0 aliphatic carbocycles. The van der Waals surface area contributed by atoms with E-state index in [4.69, 9.17) is 4.98 Å². The number of piperidine rings is 1. The van der Waals surface area contributed by atoms with E-state index in [1.54, 1.807) is 0 Å². The number of rotatable bonds is 7. The Balaban J connectivity index is 1.45. The molecule has 1 aromatic heterocycles. The number of carbonyl (C=O) groups excluding carboxylic acids is 2. The maximum absolute atomic E-state index is 13.2. The van der Waals surface area contributed by atoms with Gasteiger partial charge in [-0.25, -0.2) is 4.98 Å². The number of para-hydroxylation sites is 2. The number of hydrogen-bond donors (Lipinski definition) is 1. The summed E-state index contributed by atoms with van der Waals surface area (Å²) in [4.78, 5) is 34.5. The minimum atomic E-state index is -0.105. The van der Waals surface area contributed by atoms with Crippen molar-refractivity contribution in [2.45, 2.75) is 32.0 Å². The summed E-state index contributed by atoms with van der Waals surface area (Å²) in [5.41, 5.74) is 3.57. The summed E-state index contributed by atoms with van der Waals surface area (Å²) in [6.45, 7) is 6.24. The SMILES string of the molecule is CC1CC(C)CN(C(=O)Cn2c(SCC(=O)Nc3ccc(N(C)C)cc3)nc3ccccc32)C1. The van der Waals surface area contributed by atoms with E-state index in [0.717, 1.165) is 41.9 Å². The Morgan fingerprint density at radius 3 is 2.41 bits per heavy atom. The van der Waals surface area contributed by atoms with Gasteiger partial charge in [-0.3, -0.25) is 9.59 Å². The van der Waals surface area contributed by atoms with Crippen LogP contribution in [0.25, 0.3) is 11.0 Å². The number of benzene rings is 2. The second kappa shape index (κ2) is 10.5. The molecule has 2 heterocycles. The van der Waals surface area contributed by atoms with Gasteiger partial charge < -0.3 is 19.7 Å². The second-order valence-corrected chi connectivity index (χ2v) is 10.4. The van der Waals surface area contributed by atoms with Gasteiger partial charge in [-0.15, -0.1) is 0 Å². The molecule has 2 atom stereocenters. The Morgan fingerprint density at radius 2 is 1.74 bits per heavy atom. The zero-order chi connectivity index (χ0) is 24.2. The summed E-state index contributed by atoms with van der Waals surface area (Å²) < 4.78 is 1.95. The Kier molecular flexibility index (Phi) is 7.46. The van der Waals surface area contributed by atoms with Crippen molar-refractivity contribution >= 4 is 46.0 Å². The van der Waals surface area contributed by atoms with Crippen LogP contribution in [0.4, 0.5) is 11.4 Å². The fourth-order valence-electron chi connectivity index (χ4n) is 4.59. The van der Waals surface area contributed by atoms with Crippen molar-refractivity contribution in [1.29, 1.82) is 0 Å². The third-order valence-corrected chi connectivity index (χ3v) is 7.11. The lowest BCUT2D eigenvalue weighted by Crippen LogP contribution is -2.44. The van der Waals surface area contributed by atoms with Gasteiger partial charge in [-0.05, 0) is 54.7 Å². The lowest BCUT2D eigenvalue weighted by atomic mass is 9.92. The van der Waals surface area contributed by atoms with Crippen molar-refractivity contribution < 1.29 is 9.59 Å². The highest BCUT2D eigenvalue weighted by Crippen LogP contribution is 2.26. The van der Waals surface area contributed by atoms with E-state index in [0.29, 0.717) is 17.0 Å². The van der Waals surface area contributed by atoms with Crippen LogP contribution in [0.15, 0.2) is 53.7 Å². The van der Waals surface area contributed by atoms with E-state index >= 15 is 0 Å². The molecular weight excluding hydrogens is 446 g/mol. The van der Waals surface area contributed by atoms with Crippen LogP contribution < -0.4 is 10.2 Å². The normalized spacial score (nSPS) is 18.2. The molecule has 1 saturated heterocycles. The number of aromatic nitrogens is 2. The van der Waals surface area contributed by atoms with Crippen LogP contribution in [-0.2, 0) is 16.1 Å². The van der Waals surface area contributed by atoms with Crippen LogP contribution in [0, 0.1) is 11.8 Å². The molecule has 1 aliphatic rings. The molecule has 1 aliphatic heterocycles. The monoisotopic (exact) mass is 479 g/mol. The third kappa shape index (κ3) is 5.73. The molecule has 2 amide bonds. The minimum absolute atomic E-state index is 0.105. The third-order valence-electron chi connectivity index (χ3n) is 6.13. The summed E-state index contributed by atoms with van der Waals surface area (Å²) in [5.74, 6) is 1.23. The number of carbonyl (C=O) groups is 2. The van der Waals surface area contributed by atoms with Crippen molar-refractivity contribution in [3.63, 3.8) is 0 Å². The van der Waals surface area contributed by atoms with Gasteiger partial charge in [0.15, 0.2) is 5.16 Å². The molecule has 2 aromatic carbocycles. The van der Waals surface area contributed by atoms with Crippen LogP contribution in [0.3, 0.4) is 0 Å². The molecular formula is C26H33N5O2S. The molecule has 2 unspecified atom stereocenters. The quantitative estimate of drug-likeness (QED) is 0.511. The Bertz CT molecular complexity index is 1150. The zero-order valence-corrected chi connectivity index (χ0v) is 21.1. The van der Waals surface area contributed by atoms with Crippen molar-refractivity contribution in [2.75, 3.05) is 43.2 Å². The molecule has 0 saturated carbocycles. The van der Waals surface area contributed by atoms with E-state index in [9.17, 15) is 9.59 Å². The Morgan fingerprint density at radius 1 is 1.06 bits per heavy atom. The lowest BCUT2D eigenvalue weighted by Gasteiger charge is -2.35. The smallest absolute Gasteiger partial charge is 0.242 e. The molecule has 8 heteroatoms. The van der Waals surface area contributed by atoms with E-state index < -0.39 is 0 Å². The zero-order valence-electron chi connectivity index (χ0n) is 20.3. The van der Waals surface area contributed by atoms with Crippen molar-refractivity contribution in [3.8, 4) is 0 Å². The van der Waals surface area contributed by atoms with Gasteiger partial charge >= 0.3 is 0 Å². The first-order valence-electron chi connectivity index (χ1n) is 11.7. The molecule has 1 fully saturated rings. The second-order valence-electron chi connectivity index (χ2n) is 9.49. The minimum Gasteiger partial charge on any atom is -0.378 e. The molecule has 34 heavy (non-hydrogen) atoms. The number of anilines is 2. The molecule has 4 rings (SSSR count). The summed E-state index contributed by atoms with van der Waals surface area (Å²) in [7, 11) is 3.96.